The van der Waals surface area contributed by atoms with Gasteiger partial charge in [-0.2, -0.15) is 0 Å². The monoisotopic (exact) mass is 241 g/mol. The first kappa shape index (κ1) is 13.3. The van der Waals surface area contributed by atoms with E-state index in [9.17, 15) is 5.11 Å². The third-order valence-corrected chi connectivity index (χ3v) is 4.50. The Balaban J connectivity index is 1.61. The van der Waals surface area contributed by atoms with Crippen molar-refractivity contribution in [3.05, 3.63) is 0 Å². The van der Waals surface area contributed by atoms with E-state index in [2.05, 4.69) is 5.32 Å². The van der Waals surface area contributed by atoms with E-state index in [0.717, 1.165) is 32.2 Å². The van der Waals surface area contributed by atoms with Crippen LogP contribution < -0.4 is 5.32 Å². The summed E-state index contributed by atoms with van der Waals surface area (Å²) < 4.78 is 5.38. The average molecular weight is 241 g/mol. The highest BCUT2D eigenvalue weighted by atomic mass is 16.5. The van der Waals surface area contributed by atoms with Crippen LogP contribution in [0.3, 0.4) is 0 Å². The molecular formula is C14H27NO2. The molecule has 3 nitrogen and oxygen atoms in total. The first-order valence-corrected chi connectivity index (χ1v) is 7.24. The van der Waals surface area contributed by atoms with E-state index in [0.29, 0.717) is 6.61 Å². The van der Waals surface area contributed by atoms with Crippen molar-refractivity contribution < 1.29 is 9.84 Å². The Morgan fingerprint density at radius 3 is 2.71 bits per heavy atom. The third kappa shape index (κ3) is 3.94. The summed E-state index contributed by atoms with van der Waals surface area (Å²) in [5.41, 5.74) is 0.185. The Morgan fingerprint density at radius 1 is 1.24 bits per heavy atom. The quantitative estimate of drug-likeness (QED) is 0.698. The van der Waals surface area contributed by atoms with Crippen LogP contribution in [0.5, 0.6) is 0 Å². The van der Waals surface area contributed by atoms with Crippen LogP contribution in [0.25, 0.3) is 0 Å². The molecule has 2 fully saturated rings. The van der Waals surface area contributed by atoms with Crippen molar-refractivity contribution in [2.24, 2.45) is 11.3 Å². The van der Waals surface area contributed by atoms with Crippen molar-refractivity contribution in [2.75, 3.05) is 32.9 Å². The molecule has 0 amide bonds. The van der Waals surface area contributed by atoms with Gasteiger partial charge in [-0.25, -0.2) is 0 Å². The van der Waals surface area contributed by atoms with Gasteiger partial charge in [0.15, 0.2) is 0 Å². The molecule has 1 heterocycles. The molecule has 1 aliphatic heterocycles. The minimum Gasteiger partial charge on any atom is -0.396 e. The molecule has 0 aromatic carbocycles. The normalized spacial score (nSPS) is 28.4. The maximum Gasteiger partial charge on any atom is 0.0499 e. The summed E-state index contributed by atoms with van der Waals surface area (Å²) in [6.45, 7) is 4.33. The standard InChI is InChI=1S/C14H27NO2/c16-12-14(6-2-1-3-7-14)11-15-8-4-13-5-9-17-10-13/h13,15-16H,1-12H2. The Kier molecular flexibility index (Phi) is 5.26. The predicted octanol–water partition coefficient (Wildman–Crippen LogP) is 1.95. The Hall–Kier alpha value is -0.120. The molecular weight excluding hydrogens is 214 g/mol. The summed E-state index contributed by atoms with van der Waals surface area (Å²) in [6, 6.07) is 0. The van der Waals surface area contributed by atoms with Crippen molar-refractivity contribution in [3.63, 3.8) is 0 Å². The predicted molar refractivity (Wildman–Crippen MR) is 69.0 cm³/mol. The molecule has 2 N–H and O–H groups in total. The van der Waals surface area contributed by atoms with Crippen LogP contribution in [0.1, 0.15) is 44.9 Å². The number of ether oxygens (including phenoxy) is 1. The molecule has 1 saturated heterocycles. The van der Waals surface area contributed by atoms with Gasteiger partial charge in [0.05, 0.1) is 0 Å². The SMILES string of the molecule is OCC1(CNCCC2CCOC2)CCCCC1. The number of hydrogen-bond donors (Lipinski definition) is 2. The second kappa shape index (κ2) is 6.72. The zero-order valence-corrected chi connectivity index (χ0v) is 10.9. The second-order valence-electron chi connectivity index (χ2n) is 5.91. The van der Waals surface area contributed by atoms with Gasteiger partial charge in [-0.3, -0.25) is 0 Å². The van der Waals surface area contributed by atoms with E-state index in [1.54, 1.807) is 0 Å². The second-order valence-corrected chi connectivity index (χ2v) is 5.91. The van der Waals surface area contributed by atoms with Gasteiger partial charge in [0, 0.05) is 31.8 Å². The molecule has 0 bridgehead atoms. The molecule has 3 heteroatoms. The van der Waals surface area contributed by atoms with E-state index in [1.807, 2.05) is 0 Å². The van der Waals surface area contributed by atoms with E-state index in [4.69, 9.17) is 4.74 Å². The molecule has 0 spiro atoms. The van der Waals surface area contributed by atoms with Crippen LogP contribution in [-0.4, -0.2) is 38.0 Å². The van der Waals surface area contributed by atoms with Crippen LogP contribution in [0.15, 0.2) is 0 Å². The van der Waals surface area contributed by atoms with Gasteiger partial charge >= 0.3 is 0 Å². The third-order valence-electron chi connectivity index (χ3n) is 4.50. The minimum absolute atomic E-state index is 0.185. The lowest BCUT2D eigenvalue weighted by Gasteiger charge is -2.36. The zero-order chi connectivity index (χ0) is 12.0. The van der Waals surface area contributed by atoms with E-state index in [-0.39, 0.29) is 5.41 Å². The molecule has 1 aliphatic carbocycles. The van der Waals surface area contributed by atoms with Crippen LogP contribution in [0.4, 0.5) is 0 Å². The number of hydrogen-bond acceptors (Lipinski definition) is 3. The van der Waals surface area contributed by atoms with Crippen molar-refractivity contribution in [1.82, 2.24) is 5.32 Å². The lowest BCUT2D eigenvalue weighted by Crippen LogP contribution is -2.39. The number of aliphatic hydroxyl groups is 1. The summed E-state index contributed by atoms with van der Waals surface area (Å²) in [5.74, 6) is 0.763. The lowest BCUT2D eigenvalue weighted by molar-refractivity contribution is 0.0810. The van der Waals surface area contributed by atoms with Gasteiger partial charge in [-0.1, -0.05) is 19.3 Å². The van der Waals surface area contributed by atoms with Crippen LogP contribution in [0, 0.1) is 11.3 Å². The summed E-state index contributed by atoms with van der Waals surface area (Å²) in [4.78, 5) is 0. The maximum absolute atomic E-state index is 9.59. The van der Waals surface area contributed by atoms with Gasteiger partial charge in [-0.15, -0.1) is 0 Å². The molecule has 100 valence electrons. The lowest BCUT2D eigenvalue weighted by atomic mass is 9.74. The van der Waals surface area contributed by atoms with Crippen molar-refractivity contribution >= 4 is 0 Å². The van der Waals surface area contributed by atoms with Crippen LogP contribution in [-0.2, 0) is 4.74 Å². The zero-order valence-electron chi connectivity index (χ0n) is 10.9. The summed E-state index contributed by atoms with van der Waals surface area (Å²) in [5, 5.41) is 13.2. The van der Waals surface area contributed by atoms with Gasteiger partial charge in [0.2, 0.25) is 0 Å². The number of rotatable bonds is 6. The smallest absolute Gasteiger partial charge is 0.0499 e. The average Bonchev–Trinajstić information content (AvgIpc) is 2.89. The minimum atomic E-state index is 0.185. The van der Waals surface area contributed by atoms with E-state index >= 15 is 0 Å². The van der Waals surface area contributed by atoms with Crippen LogP contribution >= 0.6 is 0 Å². The first-order chi connectivity index (χ1) is 8.35. The highest BCUT2D eigenvalue weighted by Crippen LogP contribution is 2.35. The van der Waals surface area contributed by atoms with Gasteiger partial charge in [0.1, 0.15) is 0 Å². The summed E-state index contributed by atoms with van der Waals surface area (Å²) in [6.07, 6.45) is 8.78. The molecule has 1 saturated carbocycles. The largest absolute Gasteiger partial charge is 0.396 e. The van der Waals surface area contributed by atoms with Crippen molar-refractivity contribution in [2.45, 2.75) is 44.9 Å². The maximum atomic E-state index is 9.59. The molecule has 0 aromatic rings. The molecule has 2 aliphatic rings. The fraction of sp³-hybridized carbons (Fsp3) is 1.00. The van der Waals surface area contributed by atoms with E-state index < -0.39 is 0 Å². The van der Waals surface area contributed by atoms with E-state index in [1.165, 1.54) is 44.9 Å². The molecule has 0 radical (unpaired) electrons. The van der Waals surface area contributed by atoms with Gasteiger partial charge in [0.25, 0.3) is 0 Å². The Bertz CT molecular complexity index is 208. The summed E-state index contributed by atoms with van der Waals surface area (Å²) >= 11 is 0. The Morgan fingerprint density at radius 2 is 2.06 bits per heavy atom. The first-order valence-electron chi connectivity index (χ1n) is 7.24. The molecule has 17 heavy (non-hydrogen) atoms. The number of nitrogens with one attached hydrogen (secondary N) is 1. The molecule has 1 atom stereocenters. The van der Waals surface area contributed by atoms with Gasteiger partial charge < -0.3 is 15.2 Å². The van der Waals surface area contributed by atoms with Crippen molar-refractivity contribution in [3.8, 4) is 0 Å². The topological polar surface area (TPSA) is 41.5 Å². The van der Waals surface area contributed by atoms with Crippen molar-refractivity contribution in [1.29, 1.82) is 0 Å². The summed E-state index contributed by atoms with van der Waals surface area (Å²) in [7, 11) is 0. The Labute approximate surface area is 105 Å². The highest BCUT2D eigenvalue weighted by Gasteiger charge is 2.30. The molecule has 2 rings (SSSR count). The van der Waals surface area contributed by atoms with Gasteiger partial charge in [-0.05, 0) is 38.1 Å². The fourth-order valence-corrected chi connectivity index (χ4v) is 3.16. The fourth-order valence-electron chi connectivity index (χ4n) is 3.16. The molecule has 1 unspecified atom stereocenters. The number of aliphatic hydroxyl groups excluding tert-OH is 1. The van der Waals surface area contributed by atoms with Crippen LogP contribution in [0.2, 0.25) is 0 Å². The highest BCUT2D eigenvalue weighted by molar-refractivity contribution is 4.84. The molecule has 0 aromatic heterocycles.